The second-order valence-corrected chi connectivity index (χ2v) is 8.86. The molecule has 2 heterocycles. The molecule has 0 radical (unpaired) electrons. The highest BCUT2D eigenvalue weighted by molar-refractivity contribution is 7.99. The van der Waals surface area contributed by atoms with Gasteiger partial charge in [-0.2, -0.15) is 0 Å². The van der Waals surface area contributed by atoms with Gasteiger partial charge in [0.1, 0.15) is 23.5 Å². The second kappa shape index (κ2) is 7.63. The first-order valence-corrected chi connectivity index (χ1v) is 10.7. The summed E-state index contributed by atoms with van der Waals surface area (Å²) in [4.78, 5) is 1.91. The van der Waals surface area contributed by atoms with Crippen LogP contribution in [0.15, 0.2) is 64.4 Å². The Morgan fingerprint density at radius 3 is 2.55 bits per heavy atom. The molecule has 2 atom stereocenters. The summed E-state index contributed by atoms with van der Waals surface area (Å²) in [7, 11) is 0. The summed E-state index contributed by atoms with van der Waals surface area (Å²) >= 11 is 7.37. The van der Waals surface area contributed by atoms with Crippen molar-refractivity contribution in [2.75, 3.05) is 13.1 Å². The van der Waals surface area contributed by atoms with Crippen molar-refractivity contribution in [1.82, 2.24) is 5.32 Å². The quantitative estimate of drug-likeness (QED) is 0.529. The summed E-state index contributed by atoms with van der Waals surface area (Å²) in [5, 5.41) is 3.45. The van der Waals surface area contributed by atoms with Crippen molar-refractivity contribution in [3.63, 3.8) is 0 Å². The minimum Gasteiger partial charge on any atom is -0.488 e. The zero-order valence-corrected chi connectivity index (χ0v) is 17.0. The fraction of sp³-hybridized carbons (Fsp3) is 0.217. The highest BCUT2D eigenvalue weighted by Crippen LogP contribution is 2.49. The number of ether oxygens (including phenoxy) is 1. The molecule has 0 spiro atoms. The predicted molar refractivity (Wildman–Crippen MR) is 112 cm³/mol. The topological polar surface area (TPSA) is 21.3 Å². The Balaban J connectivity index is 1.67. The van der Waals surface area contributed by atoms with E-state index in [9.17, 15) is 8.78 Å². The lowest BCUT2D eigenvalue weighted by Gasteiger charge is -2.24. The number of halogens is 3. The van der Waals surface area contributed by atoms with Gasteiger partial charge in [0.05, 0.1) is 10.5 Å². The van der Waals surface area contributed by atoms with Crippen molar-refractivity contribution >= 4 is 23.4 Å². The van der Waals surface area contributed by atoms with Crippen molar-refractivity contribution in [3.05, 3.63) is 76.8 Å². The maximum Gasteiger partial charge on any atom is 0.137 e. The maximum atomic E-state index is 14.7. The number of nitrogens with one attached hydrogen (secondary N) is 1. The average molecular weight is 430 g/mol. The van der Waals surface area contributed by atoms with Gasteiger partial charge in [-0.15, -0.1) is 0 Å². The highest BCUT2D eigenvalue weighted by Gasteiger charge is 2.38. The van der Waals surface area contributed by atoms with Crippen LogP contribution < -0.4 is 10.1 Å². The van der Waals surface area contributed by atoms with E-state index in [4.69, 9.17) is 16.3 Å². The largest absolute Gasteiger partial charge is 0.488 e. The van der Waals surface area contributed by atoms with Crippen molar-refractivity contribution in [1.29, 1.82) is 0 Å². The van der Waals surface area contributed by atoms with E-state index in [1.165, 1.54) is 0 Å². The van der Waals surface area contributed by atoms with Crippen LogP contribution in [0.5, 0.6) is 5.75 Å². The van der Waals surface area contributed by atoms with E-state index in [1.807, 2.05) is 42.5 Å². The molecule has 0 saturated carbocycles. The summed E-state index contributed by atoms with van der Waals surface area (Å²) in [5.41, 5.74) is 1.45. The Kier molecular flexibility index (Phi) is 4.98. The van der Waals surface area contributed by atoms with Crippen LogP contribution in [0.25, 0.3) is 11.1 Å². The second-order valence-electron chi connectivity index (χ2n) is 7.31. The summed E-state index contributed by atoms with van der Waals surface area (Å²) in [6, 6.07) is 15.9. The SMILES string of the molecule is Fc1cc(Cl)cc(F)c1-c1cc(Sc2ccccc2)c2c(c1)[C@@H]1CNCC[C@@H]1O2. The van der Waals surface area contributed by atoms with E-state index in [2.05, 4.69) is 5.32 Å². The fourth-order valence-electron chi connectivity index (χ4n) is 4.12. The van der Waals surface area contributed by atoms with Gasteiger partial charge in [-0.1, -0.05) is 41.6 Å². The molecule has 0 bridgehead atoms. The molecule has 2 aliphatic heterocycles. The molecular weight excluding hydrogens is 412 g/mol. The molecule has 2 nitrogen and oxygen atoms in total. The van der Waals surface area contributed by atoms with Crippen LogP contribution in [-0.2, 0) is 0 Å². The zero-order valence-electron chi connectivity index (χ0n) is 15.4. The fourth-order valence-corrected chi connectivity index (χ4v) is 5.30. The third-order valence-electron chi connectivity index (χ3n) is 5.44. The third kappa shape index (κ3) is 3.52. The monoisotopic (exact) mass is 429 g/mol. The Hall–Kier alpha value is -2.08. The van der Waals surface area contributed by atoms with E-state index in [0.717, 1.165) is 52.7 Å². The van der Waals surface area contributed by atoms with Crippen LogP contribution in [0.3, 0.4) is 0 Å². The van der Waals surface area contributed by atoms with Gasteiger partial charge in [-0.3, -0.25) is 0 Å². The van der Waals surface area contributed by atoms with E-state index in [1.54, 1.807) is 11.8 Å². The van der Waals surface area contributed by atoms with E-state index < -0.39 is 11.6 Å². The molecular formula is C23H18ClF2NOS. The van der Waals surface area contributed by atoms with Gasteiger partial charge < -0.3 is 10.1 Å². The zero-order chi connectivity index (χ0) is 20.0. The van der Waals surface area contributed by atoms with Gasteiger partial charge in [0.25, 0.3) is 0 Å². The molecule has 6 heteroatoms. The molecule has 0 aromatic heterocycles. The number of rotatable bonds is 3. The van der Waals surface area contributed by atoms with Crippen molar-refractivity contribution in [3.8, 4) is 16.9 Å². The maximum absolute atomic E-state index is 14.7. The van der Waals surface area contributed by atoms with Gasteiger partial charge in [0.2, 0.25) is 0 Å². The number of fused-ring (bicyclic) bond motifs is 3. The number of benzene rings is 3. The first-order chi connectivity index (χ1) is 14.1. The summed E-state index contributed by atoms with van der Waals surface area (Å²) < 4.78 is 35.6. The molecule has 3 aromatic rings. The average Bonchev–Trinajstić information content (AvgIpc) is 3.07. The van der Waals surface area contributed by atoms with Gasteiger partial charge in [0, 0.05) is 27.9 Å². The first-order valence-electron chi connectivity index (χ1n) is 9.53. The van der Waals surface area contributed by atoms with Gasteiger partial charge in [-0.25, -0.2) is 8.78 Å². The molecule has 29 heavy (non-hydrogen) atoms. The highest BCUT2D eigenvalue weighted by atomic mass is 35.5. The van der Waals surface area contributed by atoms with Crippen LogP contribution in [0.1, 0.15) is 17.9 Å². The first kappa shape index (κ1) is 18.9. The lowest BCUT2D eigenvalue weighted by atomic mass is 9.89. The van der Waals surface area contributed by atoms with Gasteiger partial charge >= 0.3 is 0 Å². The molecule has 1 N–H and O–H groups in total. The normalized spacial score (nSPS) is 20.1. The molecule has 1 fully saturated rings. The Labute approximate surface area is 177 Å². The van der Waals surface area contributed by atoms with Crippen molar-refractivity contribution in [2.45, 2.75) is 28.2 Å². The molecule has 3 aromatic carbocycles. The van der Waals surface area contributed by atoms with Crippen LogP contribution in [0.4, 0.5) is 8.78 Å². The molecule has 148 valence electrons. The molecule has 0 aliphatic carbocycles. The summed E-state index contributed by atoms with van der Waals surface area (Å²) in [5.74, 6) is -0.325. The van der Waals surface area contributed by atoms with Crippen LogP contribution in [0.2, 0.25) is 5.02 Å². The van der Waals surface area contributed by atoms with E-state index in [-0.39, 0.29) is 22.6 Å². The summed E-state index contributed by atoms with van der Waals surface area (Å²) in [6.45, 7) is 1.70. The van der Waals surface area contributed by atoms with Gasteiger partial charge in [-0.05, 0) is 54.9 Å². The standard InChI is InChI=1S/C23H18ClF2NOS/c24-14-10-18(25)22(19(26)11-14)13-8-16-17-12-27-7-6-20(17)28-23(16)21(9-13)29-15-4-2-1-3-5-15/h1-5,8-11,17,20,27H,6-7,12H2/t17-,20-/m0/s1. The number of hydrogen-bond acceptors (Lipinski definition) is 3. The smallest absolute Gasteiger partial charge is 0.137 e. The van der Waals surface area contributed by atoms with E-state index in [0.29, 0.717) is 5.56 Å². The van der Waals surface area contributed by atoms with Gasteiger partial charge in [0.15, 0.2) is 0 Å². The molecule has 0 amide bonds. The van der Waals surface area contributed by atoms with Crippen molar-refractivity contribution in [2.24, 2.45) is 0 Å². The Morgan fingerprint density at radius 2 is 1.79 bits per heavy atom. The lowest BCUT2D eigenvalue weighted by Crippen LogP contribution is -2.37. The molecule has 1 saturated heterocycles. The van der Waals surface area contributed by atoms with Crippen LogP contribution in [-0.4, -0.2) is 19.2 Å². The van der Waals surface area contributed by atoms with E-state index >= 15 is 0 Å². The summed E-state index contributed by atoms with van der Waals surface area (Å²) in [6.07, 6.45) is 1.00. The Bertz CT molecular complexity index is 1050. The number of piperidine rings is 1. The predicted octanol–water partition coefficient (Wildman–Crippen LogP) is 6.27. The number of hydrogen-bond donors (Lipinski definition) is 1. The molecule has 5 rings (SSSR count). The third-order valence-corrected chi connectivity index (χ3v) is 6.69. The minimum atomic E-state index is -0.664. The Morgan fingerprint density at radius 1 is 1.03 bits per heavy atom. The van der Waals surface area contributed by atoms with Crippen LogP contribution in [0, 0.1) is 11.6 Å². The lowest BCUT2D eigenvalue weighted by molar-refractivity contribution is 0.169. The van der Waals surface area contributed by atoms with Crippen molar-refractivity contribution < 1.29 is 13.5 Å². The van der Waals surface area contributed by atoms with Crippen LogP contribution >= 0.6 is 23.4 Å². The molecule has 2 aliphatic rings. The minimum absolute atomic E-state index is 0.0451. The molecule has 0 unspecified atom stereocenters.